The zero-order chi connectivity index (χ0) is 18.7. The lowest BCUT2D eigenvalue weighted by Crippen LogP contribution is -2.62. The fourth-order valence-corrected chi connectivity index (χ4v) is 5.72. The summed E-state index contributed by atoms with van der Waals surface area (Å²) in [7, 11) is 0. The van der Waals surface area contributed by atoms with Crippen molar-refractivity contribution in [1.29, 1.82) is 0 Å². The third-order valence-corrected chi connectivity index (χ3v) is 6.78. The molecule has 0 radical (unpaired) electrons. The Kier molecular flexibility index (Phi) is 4.01. The van der Waals surface area contributed by atoms with Crippen LogP contribution in [0.3, 0.4) is 0 Å². The molecule has 1 aliphatic heterocycles. The Bertz CT molecular complexity index is 736. The number of likely N-dealkylation sites (tertiary alicyclic amines) is 1. The Morgan fingerprint density at radius 2 is 2.04 bits per heavy atom. The van der Waals surface area contributed by atoms with Crippen LogP contribution in [0, 0.1) is 12.8 Å². The second-order valence-corrected chi connectivity index (χ2v) is 9.50. The Morgan fingerprint density at radius 3 is 2.77 bits per heavy atom. The highest BCUT2D eigenvalue weighted by molar-refractivity contribution is 5.69. The van der Waals surface area contributed by atoms with Crippen LogP contribution in [0.1, 0.15) is 69.6 Å². The van der Waals surface area contributed by atoms with Gasteiger partial charge >= 0.3 is 6.09 Å². The van der Waals surface area contributed by atoms with Gasteiger partial charge in [-0.05, 0) is 82.1 Å². The molecule has 4 nitrogen and oxygen atoms in total. The lowest BCUT2D eigenvalue weighted by molar-refractivity contribution is -0.0349. The van der Waals surface area contributed by atoms with Gasteiger partial charge in [0.25, 0.3) is 0 Å². The number of carbonyl (C=O) groups is 1. The molecule has 3 atom stereocenters. The maximum atomic E-state index is 12.9. The summed E-state index contributed by atoms with van der Waals surface area (Å²) in [4.78, 5) is 14.9. The minimum atomic E-state index is -0.465. The van der Waals surface area contributed by atoms with E-state index in [4.69, 9.17) is 4.74 Å². The van der Waals surface area contributed by atoms with Gasteiger partial charge in [-0.3, -0.25) is 0 Å². The molecule has 2 aliphatic carbocycles. The molecule has 3 aliphatic rings. The van der Waals surface area contributed by atoms with Crippen LogP contribution < -0.4 is 0 Å². The number of hydrogen-bond acceptors (Lipinski definition) is 3. The summed E-state index contributed by atoms with van der Waals surface area (Å²) >= 11 is 0. The standard InChI is InChI=1S/C22H31NO3/c1-14-11-15-12-18-16-7-5-6-8-22(16,17(15)13-19(14)24)9-10-23(18)20(25)26-21(2,3)4/h11,13,16,18,24H,5-10,12H2,1-4H3. The van der Waals surface area contributed by atoms with Crippen molar-refractivity contribution >= 4 is 6.09 Å². The van der Waals surface area contributed by atoms with Crippen molar-refractivity contribution in [2.24, 2.45) is 5.92 Å². The second kappa shape index (κ2) is 5.90. The first-order valence-electron chi connectivity index (χ1n) is 10.0. The number of phenols is 1. The van der Waals surface area contributed by atoms with Crippen LogP contribution in [-0.4, -0.2) is 34.3 Å². The molecule has 1 N–H and O–H groups in total. The van der Waals surface area contributed by atoms with Crippen LogP contribution in [0.15, 0.2) is 12.1 Å². The van der Waals surface area contributed by atoms with Crippen LogP contribution in [0.5, 0.6) is 5.75 Å². The highest BCUT2D eigenvalue weighted by Crippen LogP contribution is 2.56. The Labute approximate surface area is 156 Å². The highest BCUT2D eigenvalue weighted by Gasteiger charge is 2.55. The van der Waals surface area contributed by atoms with Crippen molar-refractivity contribution in [2.75, 3.05) is 6.54 Å². The van der Waals surface area contributed by atoms with Gasteiger partial charge in [0, 0.05) is 18.0 Å². The van der Waals surface area contributed by atoms with Gasteiger partial charge in [-0.15, -0.1) is 0 Å². The van der Waals surface area contributed by atoms with Gasteiger partial charge in [-0.2, -0.15) is 0 Å². The molecule has 1 aromatic rings. The van der Waals surface area contributed by atoms with Crippen molar-refractivity contribution in [1.82, 2.24) is 4.90 Å². The van der Waals surface area contributed by atoms with Crippen molar-refractivity contribution in [2.45, 2.75) is 83.3 Å². The van der Waals surface area contributed by atoms with Gasteiger partial charge < -0.3 is 14.7 Å². The largest absolute Gasteiger partial charge is 0.508 e. The van der Waals surface area contributed by atoms with Crippen molar-refractivity contribution < 1.29 is 14.6 Å². The van der Waals surface area contributed by atoms with Crippen LogP contribution in [-0.2, 0) is 16.6 Å². The molecule has 1 saturated heterocycles. The van der Waals surface area contributed by atoms with E-state index in [1.54, 1.807) is 0 Å². The van der Waals surface area contributed by atoms with E-state index in [0.717, 1.165) is 31.4 Å². The average Bonchev–Trinajstić information content (AvgIpc) is 2.55. The van der Waals surface area contributed by atoms with Crippen LogP contribution in [0.4, 0.5) is 4.79 Å². The fraction of sp³-hybridized carbons (Fsp3) is 0.682. The summed E-state index contributed by atoms with van der Waals surface area (Å²) in [5.41, 5.74) is 3.26. The number of amides is 1. The lowest BCUT2D eigenvalue weighted by atomic mass is 9.52. The summed E-state index contributed by atoms with van der Waals surface area (Å²) in [5, 5.41) is 10.3. The van der Waals surface area contributed by atoms with E-state index < -0.39 is 5.60 Å². The maximum Gasteiger partial charge on any atom is 0.410 e. The topological polar surface area (TPSA) is 49.8 Å². The molecule has 0 spiro atoms. The molecule has 26 heavy (non-hydrogen) atoms. The molecule has 3 unspecified atom stereocenters. The smallest absolute Gasteiger partial charge is 0.410 e. The number of piperidine rings is 1. The number of rotatable bonds is 0. The Morgan fingerprint density at radius 1 is 1.27 bits per heavy atom. The Balaban J connectivity index is 1.75. The number of benzene rings is 1. The summed E-state index contributed by atoms with van der Waals surface area (Å²) in [6, 6.07) is 4.39. The fourth-order valence-electron chi connectivity index (χ4n) is 5.72. The Hall–Kier alpha value is -1.71. The SMILES string of the molecule is Cc1cc2c(cc1O)C13CCCCC1C(C2)N(C(=O)OC(C)(C)C)CC3. The molecule has 1 saturated carbocycles. The monoisotopic (exact) mass is 357 g/mol. The minimum absolute atomic E-state index is 0.125. The number of aryl methyl sites for hydroxylation is 1. The van der Waals surface area contributed by atoms with Gasteiger partial charge in [-0.25, -0.2) is 4.79 Å². The van der Waals surface area contributed by atoms with Crippen molar-refractivity contribution in [3.63, 3.8) is 0 Å². The molecule has 1 heterocycles. The number of aromatic hydroxyl groups is 1. The maximum absolute atomic E-state index is 12.9. The normalized spacial score (nSPS) is 30.4. The predicted molar refractivity (Wildman–Crippen MR) is 102 cm³/mol. The number of carbonyl (C=O) groups excluding carboxylic acids is 1. The van der Waals surface area contributed by atoms with Crippen LogP contribution in [0.25, 0.3) is 0 Å². The number of phenolic OH excluding ortho intramolecular Hbond substituents is 1. The summed E-state index contributed by atoms with van der Waals surface area (Å²) < 4.78 is 5.72. The predicted octanol–water partition coefficient (Wildman–Crippen LogP) is 4.69. The number of ether oxygens (including phenoxy) is 1. The third-order valence-electron chi connectivity index (χ3n) is 6.78. The molecular weight excluding hydrogens is 326 g/mol. The van der Waals surface area contributed by atoms with E-state index in [2.05, 4.69) is 6.07 Å². The van der Waals surface area contributed by atoms with E-state index in [-0.39, 0.29) is 17.6 Å². The summed E-state index contributed by atoms with van der Waals surface area (Å²) in [6.45, 7) is 8.51. The first kappa shape index (κ1) is 17.7. The lowest BCUT2D eigenvalue weighted by Gasteiger charge is -2.58. The zero-order valence-corrected chi connectivity index (χ0v) is 16.5. The van der Waals surface area contributed by atoms with E-state index >= 15 is 0 Å². The van der Waals surface area contributed by atoms with Gasteiger partial charge in [-0.1, -0.05) is 18.9 Å². The molecule has 0 aromatic heterocycles. The van der Waals surface area contributed by atoms with E-state index in [9.17, 15) is 9.90 Å². The molecule has 2 bridgehead atoms. The number of fused-ring (bicyclic) bond motifs is 1. The van der Waals surface area contributed by atoms with E-state index in [1.807, 2.05) is 38.7 Å². The number of hydrogen-bond donors (Lipinski definition) is 1. The average molecular weight is 357 g/mol. The van der Waals surface area contributed by atoms with Gasteiger partial charge in [0.2, 0.25) is 0 Å². The first-order chi connectivity index (χ1) is 12.2. The number of nitrogens with zero attached hydrogens (tertiary/aromatic N) is 1. The second-order valence-electron chi connectivity index (χ2n) is 9.50. The quantitative estimate of drug-likeness (QED) is 0.732. The van der Waals surface area contributed by atoms with Crippen molar-refractivity contribution in [3.8, 4) is 5.75 Å². The molecule has 142 valence electrons. The van der Waals surface area contributed by atoms with Crippen LogP contribution >= 0.6 is 0 Å². The third kappa shape index (κ3) is 2.69. The van der Waals surface area contributed by atoms with Gasteiger partial charge in [0.1, 0.15) is 11.4 Å². The van der Waals surface area contributed by atoms with Crippen molar-refractivity contribution in [3.05, 3.63) is 28.8 Å². The van der Waals surface area contributed by atoms with Crippen LogP contribution in [0.2, 0.25) is 0 Å². The van der Waals surface area contributed by atoms with Gasteiger partial charge in [0.15, 0.2) is 0 Å². The zero-order valence-electron chi connectivity index (χ0n) is 16.5. The minimum Gasteiger partial charge on any atom is -0.508 e. The molecule has 2 fully saturated rings. The first-order valence-corrected chi connectivity index (χ1v) is 10.0. The van der Waals surface area contributed by atoms with Gasteiger partial charge in [0.05, 0.1) is 0 Å². The summed E-state index contributed by atoms with van der Waals surface area (Å²) in [5.74, 6) is 0.891. The highest BCUT2D eigenvalue weighted by atomic mass is 16.6. The molecule has 4 heteroatoms. The summed E-state index contributed by atoms with van der Waals surface area (Å²) in [6.07, 6.45) is 6.50. The molecule has 1 amide bonds. The molecule has 4 rings (SSSR count). The molecule has 1 aromatic carbocycles. The van der Waals surface area contributed by atoms with E-state index in [1.165, 1.54) is 30.4 Å². The van der Waals surface area contributed by atoms with E-state index in [0.29, 0.717) is 11.7 Å². The molecular formula is C22H31NO3.